The number of anilines is 1. The number of nitrogens with one attached hydrogen (secondary N) is 2. The van der Waals surface area contributed by atoms with Crippen molar-refractivity contribution >= 4 is 5.82 Å². The summed E-state index contributed by atoms with van der Waals surface area (Å²) < 4.78 is 1.64. The van der Waals surface area contributed by atoms with Crippen molar-refractivity contribution in [2.24, 2.45) is 5.92 Å². The van der Waals surface area contributed by atoms with Crippen molar-refractivity contribution in [3.8, 4) is 0 Å². The number of aromatic nitrogens is 6. The molecule has 2 aromatic rings. The summed E-state index contributed by atoms with van der Waals surface area (Å²) in [7, 11) is 0. The molecule has 2 aromatic heterocycles. The number of nitrogens with zero attached hydrogens (tertiary/aromatic N) is 5. The smallest absolute Gasteiger partial charge is 0.293 e. The third-order valence-corrected chi connectivity index (χ3v) is 2.58. The predicted molar refractivity (Wildman–Crippen MR) is 69.6 cm³/mol. The zero-order chi connectivity index (χ0) is 13.8. The van der Waals surface area contributed by atoms with E-state index in [1.807, 2.05) is 6.92 Å². The summed E-state index contributed by atoms with van der Waals surface area (Å²) in [6.45, 7) is 6.61. The molecule has 0 saturated carbocycles. The van der Waals surface area contributed by atoms with Crippen LogP contribution in [0.1, 0.15) is 32.6 Å². The number of hydrogen-bond acceptors (Lipinski definition) is 6. The Kier molecular flexibility index (Phi) is 3.88. The fraction of sp³-hybridized carbons (Fsp3) is 0.545. The first kappa shape index (κ1) is 13.2. The SMILES string of the molecule is CC(C)Cn1ccnc(NC(C)c2nn[nH]n2)c1=O. The van der Waals surface area contributed by atoms with Gasteiger partial charge in [0, 0.05) is 18.9 Å². The second kappa shape index (κ2) is 5.59. The number of hydrogen-bond donors (Lipinski definition) is 2. The Balaban J connectivity index is 2.19. The Morgan fingerprint density at radius 3 is 2.84 bits per heavy atom. The topological polar surface area (TPSA) is 101 Å². The summed E-state index contributed by atoms with van der Waals surface area (Å²) in [5.74, 6) is 1.17. The molecular formula is C11H17N7O. The van der Waals surface area contributed by atoms with E-state index in [2.05, 4.69) is 44.8 Å². The minimum atomic E-state index is -0.242. The van der Waals surface area contributed by atoms with E-state index in [1.165, 1.54) is 0 Å². The highest BCUT2D eigenvalue weighted by atomic mass is 16.1. The average Bonchev–Trinajstić information content (AvgIpc) is 2.87. The highest BCUT2D eigenvalue weighted by molar-refractivity contribution is 5.32. The molecule has 8 nitrogen and oxygen atoms in total. The summed E-state index contributed by atoms with van der Waals surface area (Å²) in [6, 6.07) is -0.242. The summed E-state index contributed by atoms with van der Waals surface area (Å²) in [5.41, 5.74) is -0.147. The minimum absolute atomic E-state index is 0.147. The average molecular weight is 263 g/mol. The van der Waals surface area contributed by atoms with Crippen LogP contribution >= 0.6 is 0 Å². The lowest BCUT2D eigenvalue weighted by molar-refractivity contribution is 0.509. The maximum absolute atomic E-state index is 12.2. The molecule has 0 fully saturated rings. The predicted octanol–water partition coefficient (Wildman–Crippen LogP) is 0.585. The van der Waals surface area contributed by atoms with Crippen LogP contribution in [0.25, 0.3) is 0 Å². The first-order valence-corrected chi connectivity index (χ1v) is 6.13. The molecule has 2 heterocycles. The molecule has 1 unspecified atom stereocenters. The summed E-state index contributed by atoms with van der Waals surface area (Å²) >= 11 is 0. The minimum Gasteiger partial charge on any atom is -0.356 e. The van der Waals surface area contributed by atoms with Crippen LogP contribution in [0.5, 0.6) is 0 Å². The molecule has 1 atom stereocenters. The number of rotatable bonds is 5. The fourth-order valence-electron chi connectivity index (χ4n) is 1.71. The van der Waals surface area contributed by atoms with Gasteiger partial charge in [0.1, 0.15) is 0 Å². The molecule has 0 radical (unpaired) electrons. The zero-order valence-electron chi connectivity index (χ0n) is 11.2. The van der Waals surface area contributed by atoms with Crippen LogP contribution < -0.4 is 10.9 Å². The molecule has 2 N–H and O–H groups in total. The molecule has 2 rings (SSSR count). The molecule has 0 spiro atoms. The van der Waals surface area contributed by atoms with E-state index in [1.54, 1.807) is 17.0 Å². The molecule has 19 heavy (non-hydrogen) atoms. The molecular weight excluding hydrogens is 246 g/mol. The van der Waals surface area contributed by atoms with E-state index in [-0.39, 0.29) is 11.6 Å². The highest BCUT2D eigenvalue weighted by Crippen LogP contribution is 2.09. The maximum Gasteiger partial charge on any atom is 0.293 e. The van der Waals surface area contributed by atoms with Crippen molar-refractivity contribution in [3.05, 3.63) is 28.6 Å². The highest BCUT2D eigenvalue weighted by Gasteiger charge is 2.13. The lowest BCUT2D eigenvalue weighted by Gasteiger charge is -2.13. The Labute approximate surface area is 110 Å². The van der Waals surface area contributed by atoms with Crippen molar-refractivity contribution < 1.29 is 0 Å². The van der Waals surface area contributed by atoms with Crippen LogP contribution in [0.4, 0.5) is 5.82 Å². The molecule has 0 aromatic carbocycles. The van der Waals surface area contributed by atoms with Crippen molar-refractivity contribution in [2.75, 3.05) is 5.32 Å². The van der Waals surface area contributed by atoms with E-state index in [9.17, 15) is 4.79 Å². The molecule has 0 bridgehead atoms. The standard InChI is InChI=1S/C11H17N7O/c1-7(2)6-18-5-4-12-10(11(18)19)13-8(3)9-14-16-17-15-9/h4-5,7-8H,6H2,1-3H3,(H,12,13)(H,14,15,16,17). The van der Waals surface area contributed by atoms with Crippen LogP contribution in [-0.4, -0.2) is 30.2 Å². The molecule has 0 amide bonds. The monoisotopic (exact) mass is 263 g/mol. The van der Waals surface area contributed by atoms with Gasteiger partial charge in [-0.1, -0.05) is 19.1 Å². The molecule has 102 valence electrons. The van der Waals surface area contributed by atoms with Crippen molar-refractivity contribution in [3.63, 3.8) is 0 Å². The number of aromatic amines is 1. The van der Waals surface area contributed by atoms with E-state index < -0.39 is 0 Å². The summed E-state index contributed by atoms with van der Waals surface area (Å²) in [6.07, 6.45) is 3.29. The molecule has 0 aliphatic heterocycles. The number of H-pyrrole nitrogens is 1. The Hall–Kier alpha value is -2.25. The van der Waals surface area contributed by atoms with Crippen molar-refractivity contribution in [1.82, 2.24) is 30.2 Å². The van der Waals surface area contributed by atoms with E-state index in [0.717, 1.165) is 0 Å². The molecule has 0 saturated heterocycles. The van der Waals surface area contributed by atoms with Gasteiger partial charge < -0.3 is 9.88 Å². The first-order valence-electron chi connectivity index (χ1n) is 6.13. The zero-order valence-corrected chi connectivity index (χ0v) is 11.2. The Morgan fingerprint density at radius 1 is 1.42 bits per heavy atom. The molecule has 0 aliphatic carbocycles. The van der Waals surface area contributed by atoms with E-state index in [0.29, 0.717) is 24.1 Å². The van der Waals surface area contributed by atoms with Gasteiger partial charge in [-0.25, -0.2) is 4.98 Å². The van der Waals surface area contributed by atoms with Crippen LogP contribution in [0.3, 0.4) is 0 Å². The second-order valence-corrected chi connectivity index (χ2v) is 4.76. The Bertz CT molecular complexity index is 575. The van der Waals surface area contributed by atoms with Crippen LogP contribution in [0.2, 0.25) is 0 Å². The van der Waals surface area contributed by atoms with Gasteiger partial charge in [0.2, 0.25) is 0 Å². The molecule has 0 aliphatic rings. The molecule has 8 heteroatoms. The Morgan fingerprint density at radius 2 is 2.21 bits per heavy atom. The van der Waals surface area contributed by atoms with Gasteiger partial charge in [-0.15, -0.1) is 10.2 Å². The lowest BCUT2D eigenvalue weighted by atomic mass is 10.2. The summed E-state index contributed by atoms with van der Waals surface area (Å²) in [4.78, 5) is 16.2. The van der Waals surface area contributed by atoms with Gasteiger partial charge in [0.25, 0.3) is 5.56 Å². The van der Waals surface area contributed by atoms with Crippen molar-refractivity contribution in [2.45, 2.75) is 33.4 Å². The normalized spacial score (nSPS) is 12.6. The van der Waals surface area contributed by atoms with E-state index in [4.69, 9.17) is 0 Å². The number of tetrazole rings is 1. The van der Waals surface area contributed by atoms with Crippen molar-refractivity contribution in [1.29, 1.82) is 0 Å². The van der Waals surface area contributed by atoms with Gasteiger partial charge in [-0.2, -0.15) is 5.21 Å². The van der Waals surface area contributed by atoms with Crippen LogP contribution in [0, 0.1) is 5.92 Å². The van der Waals surface area contributed by atoms with Gasteiger partial charge in [0.15, 0.2) is 11.6 Å². The quantitative estimate of drug-likeness (QED) is 0.818. The largest absolute Gasteiger partial charge is 0.356 e. The third-order valence-electron chi connectivity index (χ3n) is 2.58. The van der Waals surface area contributed by atoms with E-state index >= 15 is 0 Å². The second-order valence-electron chi connectivity index (χ2n) is 4.76. The van der Waals surface area contributed by atoms with Crippen LogP contribution in [0.15, 0.2) is 17.2 Å². The van der Waals surface area contributed by atoms with Gasteiger partial charge >= 0.3 is 0 Å². The van der Waals surface area contributed by atoms with Gasteiger partial charge in [-0.05, 0) is 12.8 Å². The first-order chi connectivity index (χ1) is 9.08. The van der Waals surface area contributed by atoms with Crippen LogP contribution in [-0.2, 0) is 6.54 Å². The maximum atomic E-state index is 12.2. The third kappa shape index (κ3) is 3.15. The lowest BCUT2D eigenvalue weighted by Crippen LogP contribution is -2.27. The summed E-state index contributed by atoms with van der Waals surface area (Å²) in [5, 5.41) is 16.6. The van der Waals surface area contributed by atoms with Gasteiger partial charge in [-0.3, -0.25) is 4.79 Å². The fourth-order valence-corrected chi connectivity index (χ4v) is 1.71. The van der Waals surface area contributed by atoms with Gasteiger partial charge in [0.05, 0.1) is 6.04 Å².